The first-order valence-corrected chi connectivity index (χ1v) is 12.5. The van der Waals surface area contributed by atoms with Gasteiger partial charge in [-0.15, -0.1) is 0 Å². The van der Waals surface area contributed by atoms with Gasteiger partial charge in [0.15, 0.2) is 4.80 Å². The summed E-state index contributed by atoms with van der Waals surface area (Å²) in [5, 5.41) is 0.622. The van der Waals surface area contributed by atoms with E-state index in [4.69, 9.17) is 16.3 Å². The first kappa shape index (κ1) is 23.0. The number of hydrogen-bond acceptors (Lipinski definition) is 5. The molecule has 10 heteroatoms. The summed E-state index contributed by atoms with van der Waals surface area (Å²) in [4.78, 5) is 17.7. The molecule has 4 aromatic rings. The Morgan fingerprint density at radius 2 is 1.85 bits per heavy atom. The molecule has 4 rings (SSSR count). The number of thiazole rings is 1. The minimum atomic E-state index is -3.83. The van der Waals surface area contributed by atoms with Gasteiger partial charge in [-0.05, 0) is 67.1 Å². The predicted octanol–water partition coefficient (Wildman–Crippen LogP) is 4.75. The van der Waals surface area contributed by atoms with E-state index in [1.165, 1.54) is 36.6 Å². The number of nitrogens with zero attached hydrogens (tertiary/aromatic N) is 2. The minimum absolute atomic E-state index is 0.0797. The Morgan fingerprint density at radius 3 is 2.55 bits per heavy atom. The van der Waals surface area contributed by atoms with Gasteiger partial charge in [0.1, 0.15) is 5.75 Å². The lowest BCUT2D eigenvalue weighted by molar-refractivity contribution is 0.0998. The van der Waals surface area contributed by atoms with Crippen LogP contribution < -0.4 is 14.3 Å². The third-order valence-corrected chi connectivity index (χ3v) is 7.68. The topological polar surface area (TPSA) is 89.8 Å². The molecule has 0 aliphatic rings. The van der Waals surface area contributed by atoms with Crippen molar-refractivity contribution >= 4 is 54.8 Å². The second-order valence-electron chi connectivity index (χ2n) is 7.29. The molecule has 33 heavy (non-hydrogen) atoms. The molecule has 0 bridgehead atoms. The van der Waals surface area contributed by atoms with Crippen LogP contribution in [0.1, 0.15) is 15.9 Å². The van der Waals surface area contributed by atoms with E-state index in [9.17, 15) is 13.2 Å². The molecular weight excluding hydrogens is 482 g/mol. The Kier molecular flexibility index (Phi) is 6.29. The second kappa shape index (κ2) is 9.01. The Morgan fingerprint density at radius 1 is 1.12 bits per heavy atom. The maximum atomic E-state index is 12.9. The van der Waals surface area contributed by atoms with Gasteiger partial charge in [-0.2, -0.15) is 4.99 Å². The summed E-state index contributed by atoms with van der Waals surface area (Å²) in [5.41, 5.74) is 2.46. The quantitative estimate of drug-likeness (QED) is 0.427. The number of rotatable bonds is 5. The first-order chi connectivity index (χ1) is 15.7. The zero-order valence-corrected chi connectivity index (χ0v) is 20.4. The van der Waals surface area contributed by atoms with Crippen molar-refractivity contribution in [3.05, 3.63) is 81.6 Å². The van der Waals surface area contributed by atoms with Gasteiger partial charge < -0.3 is 9.30 Å². The van der Waals surface area contributed by atoms with Gasteiger partial charge in [-0.25, -0.2) is 8.42 Å². The first-order valence-electron chi connectivity index (χ1n) is 9.79. The van der Waals surface area contributed by atoms with Crippen LogP contribution in [-0.4, -0.2) is 26.0 Å². The number of hydrogen-bond donors (Lipinski definition) is 1. The third-order valence-electron chi connectivity index (χ3n) is 4.98. The van der Waals surface area contributed by atoms with E-state index in [1.807, 2.05) is 30.7 Å². The fraction of sp³-hybridized carbons (Fsp3) is 0.130. The summed E-state index contributed by atoms with van der Waals surface area (Å²) in [6.07, 6.45) is 0. The smallest absolute Gasteiger partial charge is 0.279 e. The number of amides is 1. The molecule has 0 aliphatic heterocycles. The van der Waals surface area contributed by atoms with Gasteiger partial charge in [-0.1, -0.05) is 29.0 Å². The van der Waals surface area contributed by atoms with E-state index < -0.39 is 15.9 Å². The summed E-state index contributed by atoms with van der Waals surface area (Å²) in [7, 11) is -0.492. The van der Waals surface area contributed by atoms with Gasteiger partial charge in [0.05, 0.1) is 22.2 Å². The average molecular weight is 502 g/mol. The molecule has 7 nitrogen and oxygen atoms in total. The van der Waals surface area contributed by atoms with Crippen molar-refractivity contribution in [3.8, 4) is 5.75 Å². The number of ether oxygens (including phenoxy) is 1. The Bertz CT molecular complexity index is 1540. The van der Waals surface area contributed by atoms with Crippen LogP contribution >= 0.6 is 22.9 Å². The number of halogens is 1. The number of carbonyl (C=O) groups is 1. The number of fused-ring (bicyclic) bond motifs is 1. The standard InChI is InChI=1S/C23H20ClN3O4S2/c1-14-11-16(24)13-20-21(14)27(2)23(32-20)25-22(28)15-5-4-6-17(12-15)26-33(29,30)19-9-7-18(31-3)8-10-19/h4-13,26H,1-3H3. The van der Waals surface area contributed by atoms with Crippen LogP contribution in [-0.2, 0) is 17.1 Å². The summed E-state index contributed by atoms with van der Waals surface area (Å²) >= 11 is 7.51. The van der Waals surface area contributed by atoms with Crippen molar-refractivity contribution < 1.29 is 17.9 Å². The van der Waals surface area contributed by atoms with Crippen LogP contribution in [0.25, 0.3) is 10.2 Å². The number of benzene rings is 3. The number of methoxy groups -OCH3 is 1. The van der Waals surface area contributed by atoms with E-state index in [1.54, 1.807) is 30.3 Å². The third kappa shape index (κ3) is 4.80. The zero-order valence-electron chi connectivity index (χ0n) is 18.0. The second-order valence-corrected chi connectivity index (χ2v) is 10.4. The van der Waals surface area contributed by atoms with Crippen LogP contribution in [0.3, 0.4) is 0 Å². The van der Waals surface area contributed by atoms with Crippen molar-refractivity contribution in [2.75, 3.05) is 11.8 Å². The van der Waals surface area contributed by atoms with E-state index >= 15 is 0 Å². The molecular formula is C23H20ClN3O4S2. The molecule has 0 radical (unpaired) electrons. The number of sulfonamides is 1. The molecule has 0 saturated carbocycles. The monoisotopic (exact) mass is 501 g/mol. The van der Waals surface area contributed by atoms with E-state index in [0.717, 1.165) is 15.8 Å². The SMILES string of the molecule is COc1ccc(S(=O)(=O)Nc2cccc(C(=O)N=c3sc4cc(Cl)cc(C)c4n3C)c2)cc1. The molecule has 170 valence electrons. The van der Waals surface area contributed by atoms with E-state index in [0.29, 0.717) is 15.6 Å². The molecule has 0 atom stereocenters. The highest BCUT2D eigenvalue weighted by Crippen LogP contribution is 2.25. The summed E-state index contributed by atoms with van der Waals surface area (Å²) in [5.74, 6) is 0.0708. The summed E-state index contributed by atoms with van der Waals surface area (Å²) in [6, 6.07) is 15.9. The lowest BCUT2D eigenvalue weighted by Crippen LogP contribution is -2.15. The molecule has 0 unspecified atom stereocenters. The number of nitrogens with one attached hydrogen (secondary N) is 1. The van der Waals surface area contributed by atoms with E-state index in [-0.39, 0.29) is 16.1 Å². The lowest BCUT2D eigenvalue weighted by atomic mass is 10.2. The number of aryl methyl sites for hydroxylation is 2. The van der Waals surface area contributed by atoms with Gasteiger partial charge in [0, 0.05) is 23.3 Å². The predicted molar refractivity (Wildman–Crippen MR) is 131 cm³/mol. The molecule has 0 saturated heterocycles. The average Bonchev–Trinajstić information content (AvgIpc) is 3.08. The Labute approximate surface area is 200 Å². The summed E-state index contributed by atoms with van der Waals surface area (Å²) in [6.45, 7) is 1.95. The summed E-state index contributed by atoms with van der Waals surface area (Å²) < 4.78 is 35.7. The highest BCUT2D eigenvalue weighted by Gasteiger charge is 2.16. The van der Waals surface area contributed by atoms with Crippen LogP contribution in [0.2, 0.25) is 5.02 Å². The number of anilines is 1. The Hall–Kier alpha value is -3.14. The fourth-order valence-electron chi connectivity index (χ4n) is 3.41. The van der Waals surface area contributed by atoms with Gasteiger partial charge in [-0.3, -0.25) is 9.52 Å². The number of carbonyl (C=O) groups excluding carboxylic acids is 1. The van der Waals surface area contributed by atoms with Crippen LogP contribution in [0, 0.1) is 6.92 Å². The Balaban J connectivity index is 1.64. The van der Waals surface area contributed by atoms with Crippen LogP contribution in [0.5, 0.6) is 5.75 Å². The van der Waals surface area contributed by atoms with Gasteiger partial charge in [0.2, 0.25) is 0 Å². The lowest BCUT2D eigenvalue weighted by Gasteiger charge is -2.09. The molecule has 1 N–H and O–H groups in total. The molecule has 1 aromatic heterocycles. The normalized spacial score (nSPS) is 12.2. The highest BCUT2D eigenvalue weighted by atomic mass is 35.5. The van der Waals surface area contributed by atoms with Crippen molar-refractivity contribution in [3.63, 3.8) is 0 Å². The van der Waals surface area contributed by atoms with Crippen LogP contribution in [0.4, 0.5) is 5.69 Å². The molecule has 0 fully saturated rings. The maximum absolute atomic E-state index is 12.9. The molecule has 3 aromatic carbocycles. The van der Waals surface area contributed by atoms with Crippen molar-refractivity contribution in [1.82, 2.24) is 4.57 Å². The molecule has 0 spiro atoms. The molecule has 0 aliphatic carbocycles. The largest absolute Gasteiger partial charge is 0.497 e. The van der Waals surface area contributed by atoms with Gasteiger partial charge in [0.25, 0.3) is 15.9 Å². The van der Waals surface area contributed by atoms with Gasteiger partial charge >= 0.3 is 0 Å². The zero-order chi connectivity index (χ0) is 23.8. The highest BCUT2D eigenvalue weighted by molar-refractivity contribution is 7.92. The number of aromatic nitrogens is 1. The molecule has 1 amide bonds. The van der Waals surface area contributed by atoms with Crippen LogP contribution in [0.15, 0.2) is 70.6 Å². The van der Waals surface area contributed by atoms with Crippen molar-refractivity contribution in [2.45, 2.75) is 11.8 Å². The van der Waals surface area contributed by atoms with Crippen molar-refractivity contribution in [1.29, 1.82) is 0 Å². The van der Waals surface area contributed by atoms with Crippen molar-refractivity contribution in [2.24, 2.45) is 12.0 Å². The minimum Gasteiger partial charge on any atom is -0.497 e. The molecule has 1 heterocycles. The van der Waals surface area contributed by atoms with E-state index in [2.05, 4.69) is 9.71 Å². The maximum Gasteiger partial charge on any atom is 0.279 e. The fourth-order valence-corrected chi connectivity index (χ4v) is 5.93.